The zero-order chi connectivity index (χ0) is 17.6. The molecule has 25 heavy (non-hydrogen) atoms. The van der Waals surface area contributed by atoms with Crippen LogP contribution in [0.15, 0.2) is 34.9 Å². The molecule has 3 rings (SSSR count). The van der Waals surface area contributed by atoms with Gasteiger partial charge in [0, 0.05) is 37.9 Å². The first-order valence-electron chi connectivity index (χ1n) is 8.88. The van der Waals surface area contributed by atoms with Gasteiger partial charge in [-0.1, -0.05) is 24.2 Å². The number of carbonyl (C=O) groups excluding carboxylic acids is 1. The fourth-order valence-electron chi connectivity index (χ4n) is 3.04. The molecule has 0 aliphatic carbocycles. The van der Waals surface area contributed by atoms with Crippen LogP contribution in [0.2, 0.25) is 0 Å². The Kier molecular flexibility index (Phi) is 5.83. The maximum absolute atomic E-state index is 12.2. The summed E-state index contributed by atoms with van der Waals surface area (Å²) in [5.41, 5.74) is 3.05. The maximum atomic E-state index is 12.2. The van der Waals surface area contributed by atoms with Gasteiger partial charge in [-0.3, -0.25) is 14.6 Å². The second-order valence-corrected chi connectivity index (χ2v) is 6.59. The van der Waals surface area contributed by atoms with Crippen molar-refractivity contribution in [2.75, 3.05) is 38.0 Å². The SMILES string of the molecule is CCc1ccc(NC(=O)CN2CCN(Cc3cc(C)no3)CC2)cc1. The predicted octanol–water partition coefficient (Wildman–Crippen LogP) is 2.30. The molecule has 0 saturated carbocycles. The number of amides is 1. The van der Waals surface area contributed by atoms with E-state index in [4.69, 9.17) is 4.52 Å². The van der Waals surface area contributed by atoms with Crippen LogP contribution in [-0.2, 0) is 17.8 Å². The highest BCUT2D eigenvalue weighted by Gasteiger charge is 2.20. The lowest BCUT2D eigenvalue weighted by molar-refractivity contribution is -0.117. The standard InChI is InChI=1S/C19H26N4O2/c1-3-16-4-6-17(7-5-16)20-19(24)14-23-10-8-22(9-11-23)13-18-12-15(2)21-25-18/h4-7,12H,3,8-11,13-14H2,1-2H3,(H,20,24). The summed E-state index contributed by atoms with van der Waals surface area (Å²) < 4.78 is 5.27. The molecule has 1 aliphatic heterocycles. The third-order valence-corrected chi connectivity index (χ3v) is 4.53. The zero-order valence-electron chi connectivity index (χ0n) is 15.0. The van der Waals surface area contributed by atoms with E-state index in [1.165, 1.54) is 5.56 Å². The van der Waals surface area contributed by atoms with Gasteiger partial charge in [0.25, 0.3) is 0 Å². The Morgan fingerprint density at radius 3 is 2.44 bits per heavy atom. The second kappa shape index (κ2) is 8.27. The minimum absolute atomic E-state index is 0.0450. The predicted molar refractivity (Wildman–Crippen MR) is 97.4 cm³/mol. The number of nitrogens with one attached hydrogen (secondary N) is 1. The van der Waals surface area contributed by atoms with Gasteiger partial charge in [-0.15, -0.1) is 0 Å². The van der Waals surface area contributed by atoms with Gasteiger partial charge in [0.15, 0.2) is 5.76 Å². The summed E-state index contributed by atoms with van der Waals surface area (Å²) in [6, 6.07) is 10.0. The number of piperazine rings is 1. The van der Waals surface area contributed by atoms with Crippen molar-refractivity contribution in [2.45, 2.75) is 26.8 Å². The first-order chi connectivity index (χ1) is 12.1. The summed E-state index contributed by atoms with van der Waals surface area (Å²) >= 11 is 0. The first kappa shape index (κ1) is 17.6. The Morgan fingerprint density at radius 2 is 1.84 bits per heavy atom. The molecule has 1 aromatic carbocycles. The zero-order valence-corrected chi connectivity index (χ0v) is 15.0. The van der Waals surface area contributed by atoms with Gasteiger partial charge < -0.3 is 9.84 Å². The number of aromatic nitrogens is 1. The van der Waals surface area contributed by atoms with Crippen LogP contribution in [0.3, 0.4) is 0 Å². The van der Waals surface area contributed by atoms with E-state index in [1.54, 1.807) is 0 Å². The van der Waals surface area contributed by atoms with Crippen LogP contribution in [0.25, 0.3) is 0 Å². The van der Waals surface area contributed by atoms with E-state index in [2.05, 4.69) is 39.3 Å². The normalized spacial score (nSPS) is 16.1. The fourth-order valence-corrected chi connectivity index (χ4v) is 3.04. The fraction of sp³-hybridized carbons (Fsp3) is 0.474. The van der Waals surface area contributed by atoms with Crippen LogP contribution < -0.4 is 5.32 Å². The summed E-state index contributed by atoms with van der Waals surface area (Å²) in [5, 5.41) is 6.90. The summed E-state index contributed by atoms with van der Waals surface area (Å²) in [5.74, 6) is 0.947. The number of nitrogens with zero attached hydrogens (tertiary/aromatic N) is 3. The van der Waals surface area contributed by atoms with Gasteiger partial charge in [0.2, 0.25) is 5.91 Å². The summed E-state index contributed by atoms with van der Waals surface area (Å²) in [6.45, 7) is 8.90. The minimum atomic E-state index is 0.0450. The molecular formula is C19H26N4O2. The second-order valence-electron chi connectivity index (χ2n) is 6.59. The van der Waals surface area contributed by atoms with Crippen LogP contribution in [0.5, 0.6) is 0 Å². The topological polar surface area (TPSA) is 61.6 Å². The molecule has 6 heteroatoms. The summed E-state index contributed by atoms with van der Waals surface area (Å²) in [6.07, 6.45) is 1.01. The van der Waals surface area contributed by atoms with E-state index < -0.39 is 0 Å². The Morgan fingerprint density at radius 1 is 1.16 bits per heavy atom. The van der Waals surface area contributed by atoms with Crippen molar-refractivity contribution in [2.24, 2.45) is 0 Å². The molecule has 0 unspecified atom stereocenters. The lowest BCUT2D eigenvalue weighted by Gasteiger charge is -2.33. The van der Waals surface area contributed by atoms with Gasteiger partial charge >= 0.3 is 0 Å². The highest BCUT2D eigenvalue weighted by molar-refractivity contribution is 5.92. The van der Waals surface area contributed by atoms with Crippen LogP contribution >= 0.6 is 0 Å². The first-order valence-corrected chi connectivity index (χ1v) is 8.88. The largest absolute Gasteiger partial charge is 0.360 e. The van der Waals surface area contributed by atoms with Gasteiger partial charge in [-0.2, -0.15) is 0 Å². The van der Waals surface area contributed by atoms with Gasteiger partial charge in [0.1, 0.15) is 0 Å². The number of hydrogen-bond acceptors (Lipinski definition) is 5. The smallest absolute Gasteiger partial charge is 0.238 e. The van der Waals surface area contributed by atoms with E-state index in [-0.39, 0.29) is 5.91 Å². The number of carbonyl (C=O) groups is 1. The molecule has 6 nitrogen and oxygen atoms in total. The van der Waals surface area contributed by atoms with Gasteiger partial charge in [0.05, 0.1) is 18.8 Å². The number of benzene rings is 1. The Labute approximate surface area is 148 Å². The van der Waals surface area contributed by atoms with Crippen molar-refractivity contribution in [3.05, 3.63) is 47.3 Å². The van der Waals surface area contributed by atoms with E-state index in [9.17, 15) is 4.79 Å². The molecule has 134 valence electrons. The van der Waals surface area contributed by atoms with Gasteiger partial charge in [-0.25, -0.2) is 0 Å². The number of rotatable bonds is 6. The van der Waals surface area contributed by atoms with Crippen molar-refractivity contribution < 1.29 is 9.32 Å². The molecule has 1 aliphatic rings. The molecule has 0 radical (unpaired) electrons. The van der Waals surface area contributed by atoms with Crippen LogP contribution in [0.4, 0.5) is 5.69 Å². The Balaban J connectivity index is 1.41. The molecule has 1 fully saturated rings. The number of anilines is 1. The van der Waals surface area contributed by atoms with E-state index in [0.717, 1.165) is 56.3 Å². The van der Waals surface area contributed by atoms with E-state index in [1.807, 2.05) is 25.1 Å². The van der Waals surface area contributed by atoms with E-state index in [0.29, 0.717) is 6.54 Å². The lowest BCUT2D eigenvalue weighted by atomic mass is 10.1. The third kappa shape index (κ3) is 5.14. The molecule has 1 N–H and O–H groups in total. The van der Waals surface area contributed by atoms with Crippen LogP contribution in [0.1, 0.15) is 23.9 Å². The molecule has 0 bridgehead atoms. The summed E-state index contributed by atoms with van der Waals surface area (Å²) in [4.78, 5) is 16.7. The molecular weight excluding hydrogens is 316 g/mol. The molecule has 2 heterocycles. The van der Waals surface area contributed by atoms with Crippen molar-refractivity contribution in [3.8, 4) is 0 Å². The Bertz CT molecular complexity index is 688. The van der Waals surface area contributed by atoms with Crippen LogP contribution in [-0.4, -0.2) is 53.6 Å². The quantitative estimate of drug-likeness (QED) is 0.873. The highest BCUT2D eigenvalue weighted by atomic mass is 16.5. The minimum Gasteiger partial charge on any atom is -0.360 e. The molecule has 1 amide bonds. The number of aryl methyl sites for hydroxylation is 2. The van der Waals surface area contributed by atoms with Crippen LogP contribution in [0, 0.1) is 6.92 Å². The van der Waals surface area contributed by atoms with Crippen molar-refractivity contribution >= 4 is 11.6 Å². The number of hydrogen-bond donors (Lipinski definition) is 1. The molecule has 1 saturated heterocycles. The maximum Gasteiger partial charge on any atom is 0.238 e. The van der Waals surface area contributed by atoms with Crippen molar-refractivity contribution in [1.29, 1.82) is 0 Å². The van der Waals surface area contributed by atoms with E-state index >= 15 is 0 Å². The molecule has 0 spiro atoms. The average molecular weight is 342 g/mol. The van der Waals surface area contributed by atoms with Crippen molar-refractivity contribution in [1.82, 2.24) is 15.0 Å². The van der Waals surface area contributed by atoms with Gasteiger partial charge in [-0.05, 0) is 31.0 Å². The monoisotopic (exact) mass is 342 g/mol. The third-order valence-electron chi connectivity index (χ3n) is 4.53. The van der Waals surface area contributed by atoms with Crippen molar-refractivity contribution in [3.63, 3.8) is 0 Å². The Hall–Kier alpha value is -2.18. The molecule has 0 atom stereocenters. The average Bonchev–Trinajstić information content (AvgIpc) is 3.02. The highest BCUT2D eigenvalue weighted by Crippen LogP contribution is 2.12. The summed E-state index contributed by atoms with van der Waals surface area (Å²) in [7, 11) is 0. The lowest BCUT2D eigenvalue weighted by Crippen LogP contribution is -2.48. The molecule has 2 aromatic rings. The molecule has 1 aromatic heterocycles.